The van der Waals surface area contributed by atoms with Gasteiger partial charge in [-0.15, -0.1) is 0 Å². The maximum absolute atomic E-state index is 13.1. The average Bonchev–Trinajstić information content (AvgIpc) is 3.09. The maximum Gasteiger partial charge on any atom is 0.296 e. The largest absolute Gasteiger partial charge is 0.507 e. The highest BCUT2D eigenvalue weighted by molar-refractivity contribution is 6.46. The van der Waals surface area contributed by atoms with Crippen LogP contribution in [-0.2, 0) is 16.1 Å². The first-order chi connectivity index (χ1) is 16.3. The zero-order valence-corrected chi connectivity index (χ0v) is 18.6. The van der Waals surface area contributed by atoms with Crippen LogP contribution in [0.25, 0.3) is 5.76 Å². The van der Waals surface area contributed by atoms with Gasteiger partial charge in [-0.3, -0.25) is 24.7 Å². The lowest BCUT2D eigenvalue weighted by molar-refractivity contribution is -0.384. The van der Waals surface area contributed by atoms with E-state index >= 15 is 0 Å². The predicted octanol–water partition coefficient (Wildman–Crippen LogP) is 3.68. The van der Waals surface area contributed by atoms with Gasteiger partial charge in [-0.2, -0.15) is 0 Å². The average molecular weight is 458 g/mol. The summed E-state index contributed by atoms with van der Waals surface area (Å²) in [5.41, 5.74) is 2.14. The van der Waals surface area contributed by atoms with Gasteiger partial charge in [-0.1, -0.05) is 18.2 Å². The van der Waals surface area contributed by atoms with E-state index in [1.54, 1.807) is 36.5 Å². The third kappa shape index (κ3) is 4.23. The minimum atomic E-state index is -0.853. The summed E-state index contributed by atoms with van der Waals surface area (Å²) in [6.45, 7) is 0.0720. The van der Waals surface area contributed by atoms with E-state index in [1.165, 1.54) is 29.2 Å². The number of anilines is 1. The van der Waals surface area contributed by atoms with E-state index in [4.69, 9.17) is 0 Å². The molecule has 172 valence electrons. The van der Waals surface area contributed by atoms with Crippen LogP contribution in [0, 0.1) is 10.1 Å². The Morgan fingerprint density at radius 2 is 1.74 bits per heavy atom. The summed E-state index contributed by atoms with van der Waals surface area (Å²) in [5.74, 6) is -1.97. The first kappa shape index (κ1) is 22.7. The number of aromatic nitrogens is 1. The molecular weight excluding hydrogens is 436 g/mol. The second-order valence-electron chi connectivity index (χ2n) is 8.04. The van der Waals surface area contributed by atoms with E-state index in [2.05, 4.69) is 4.98 Å². The molecule has 1 atom stereocenters. The molecule has 3 aromatic rings. The Balaban J connectivity index is 1.83. The third-order valence-corrected chi connectivity index (χ3v) is 5.68. The highest BCUT2D eigenvalue weighted by Gasteiger charge is 2.46. The van der Waals surface area contributed by atoms with Crippen molar-refractivity contribution >= 4 is 28.8 Å². The number of aliphatic hydroxyl groups excluding tert-OH is 1. The lowest BCUT2D eigenvalue weighted by atomic mass is 9.95. The SMILES string of the molecule is CN(C)c1ccc(C2/C(=C(/O)c3ccc([N+](=O)[O-])cc3)C(=O)C(=O)N2Cc2ccccn2)cc1. The number of rotatable bonds is 6. The van der Waals surface area contributed by atoms with Crippen molar-refractivity contribution in [1.82, 2.24) is 9.88 Å². The number of pyridine rings is 1. The Morgan fingerprint density at radius 1 is 1.06 bits per heavy atom. The van der Waals surface area contributed by atoms with Gasteiger partial charge >= 0.3 is 0 Å². The molecule has 1 saturated heterocycles. The fraction of sp³-hybridized carbons (Fsp3) is 0.160. The Morgan fingerprint density at radius 3 is 2.29 bits per heavy atom. The fourth-order valence-electron chi connectivity index (χ4n) is 3.91. The van der Waals surface area contributed by atoms with Crippen molar-refractivity contribution in [1.29, 1.82) is 0 Å². The summed E-state index contributed by atoms with van der Waals surface area (Å²) >= 11 is 0. The fourth-order valence-corrected chi connectivity index (χ4v) is 3.91. The summed E-state index contributed by atoms with van der Waals surface area (Å²) < 4.78 is 0. The first-order valence-electron chi connectivity index (χ1n) is 10.5. The van der Waals surface area contributed by atoms with Crippen molar-refractivity contribution in [3.8, 4) is 0 Å². The molecule has 0 bridgehead atoms. The normalized spacial score (nSPS) is 17.1. The molecule has 9 heteroatoms. The number of carbonyl (C=O) groups is 2. The van der Waals surface area contributed by atoms with Gasteiger partial charge in [0.05, 0.1) is 28.8 Å². The number of non-ortho nitro benzene ring substituents is 1. The summed E-state index contributed by atoms with van der Waals surface area (Å²) in [7, 11) is 3.80. The predicted molar refractivity (Wildman–Crippen MR) is 126 cm³/mol. The molecule has 1 unspecified atom stereocenters. The lowest BCUT2D eigenvalue weighted by Gasteiger charge is -2.25. The molecule has 1 aliphatic rings. The van der Waals surface area contributed by atoms with Crippen molar-refractivity contribution in [3.63, 3.8) is 0 Å². The van der Waals surface area contributed by atoms with Gasteiger partial charge in [0.15, 0.2) is 0 Å². The highest BCUT2D eigenvalue weighted by Crippen LogP contribution is 2.40. The van der Waals surface area contributed by atoms with Crippen LogP contribution in [0.2, 0.25) is 0 Å². The monoisotopic (exact) mass is 458 g/mol. The number of aliphatic hydroxyl groups is 1. The van der Waals surface area contributed by atoms with Crippen molar-refractivity contribution in [2.45, 2.75) is 12.6 Å². The zero-order chi connectivity index (χ0) is 24.4. The van der Waals surface area contributed by atoms with Gasteiger partial charge in [0.25, 0.3) is 17.4 Å². The molecule has 1 amide bonds. The Labute approximate surface area is 195 Å². The van der Waals surface area contributed by atoms with Crippen LogP contribution in [0.15, 0.2) is 78.5 Å². The summed E-state index contributed by atoms with van der Waals surface area (Å²) in [6, 6.07) is 17.0. The first-order valence-corrected chi connectivity index (χ1v) is 10.5. The van der Waals surface area contributed by atoms with Crippen LogP contribution < -0.4 is 4.90 Å². The van der Waals surface area contributed by atoms with Gasteiger partial charge in [-0.05, 0) is 42.0 Å². The number of Topliss-reactive ketones (excluding diaryl/α,β-unsaturated/α-hetero) is 1. The number of amides is 1. The number of likely N-dealkylation sites (tertiary alicyclic amines) is 1. The second kappa shape index (κ2) is 9.14. The molecule has 1 aliphatic heterocycles. The molecule has 1 aromatic heterocycles. The molecular formula is C25H22N4O5. The molecule has 0 saturated carbocycles. The lowest BCUT2D eigenvalue weighted by Crippen LogP contribution is -2.29. The standard InChI is InChI=1S/C25H22N4O5/c1-27(2)19-10-6-16(7-11-19)22-21(23(30)17-8-12-20(13-9-17)29(33)34)24(31)25(32)28(22)15-18-5-3-4-14-26-18/h3-14,22,30H,15H2,1-2H3/b23-21-. The molecule has 1 N–H and O–H groups in total. The maximum atomic E-state index is 13.1. The van der Waals surface area contributed by atoms with Gasteiger partial charge < -0.3 is 14.9 Å². The minimum Gasteiger partial charge on any atom is -0.507 e. The molecule has 2 aromatic carbocycles. The Hall–Kier alpha value is -4.53. The Bertz CT molecular complexity index is 1270. The van der Waals surface area contributed by atoms with Crippen LogP contribution in [0.5, 0.6) is 0 Å². The molecule has 0 radical (unpaired) electrons. The Kier molecular flexibility index (Phi) is 6.09. The van der Waals surface area contributed by atoms with E-state index in [0.717, 1.165) is 5.69 Å². The van der Waals surface area contributed by atoms with Crippen molar-refractivity contribution in [2.24, 2.45) is 0 Å². The number of carbonyl (C=O) groups excluding carboxylic acids is 2. The second-order valence-corrected chi connectivity index (χ2v) is 8.04. The quantitative estimate of drug-likeness (QED) is 0.197. The topological polar surface area (TPSA) is 117 Å². The number of hydrogen-bond acceptors (Lipinski definition) is 7. The number of hydrogen-bond donors (Lipinski definition) is 1. The number of ketones is 1. The number of nitro benzene ring substituents is 1. The minimum absolute atomic E-state index is 0.0720. The van der Waals surface area contributed by atoms with Crippen LogP contribution in [0.3, 0.4) is 0 Å². The molecule has 0 spiro atoms. The molecule has 4 rings (SSSR count). The van der Waals surface area contributed by atoms with Gasteiger partial charge in [0, 0.05) is 43.7 Å². The summed E-state index contributed by atoms with van der Waals surface area (Å²) in [5, 5.41) is 22.1. The number of nitro groups is 1. The van der Waals surface area contributed by atoms with E-state index in [0.29, 0.717) is 11.3 Å². The van der Waals surface area contributed by atoms with E-state index in [1.807, 2.05) is 31.1 Å². The molecule has 1 fully saturated rings. The van der Waals surface area contributed by atoms with Gasteiger partial charge in [0.2, 0.25) is 0 Å². The van der Waals surface area contributed by atoms with Crippen molar-refractivity contribution in [3.05, 3.63) is 105 Å². The van der Waals surface area contributed by atoms with Crippen LogP contribution in [0.4, 0.5) is 11.4 Å². The van der Waals surface area contributed by atoms with Gasteiger partial charge in [0.1, 0.15) is 5.76 Å². The molecule has 2 heterocycles. The van der Waals surface area contributed by atoms with E-state index in [-0.39, 0.29) is 23.4 Å². The van der Waals surface area contributed by atoms with Gasteiger partial charge in [-0.25, -0.2) is 0 Å². The summed E-state index contributed by atoms with van der Waals surface area (Å²) in [4.78, 5) is 44.2. The summed E-state index contributed by atoms with van der Waals surface area (Å²) in [6.07, 6.45) is 1.60. The molecule has 0 aliphatic carbocycles. The van der Waals surface area contributed by atoms with E-state index in [9.17, 15) is 24.8 Å². The smallest absolute Gasteiger partial charge is 0.296 e. The number of nitrogens with zero attached hydrogens (tertiary/aromatic N) is 4. The zero-order valence-electron chi connectivity index (χ0n) is 18.6. The van der Waals surface area contributed by atoms with Crippen LogP contribution in [0.1, 0.15) is 22.9 Å². The molecule has 9 nitrogen and oxygen atoms in total. The highest BCUT2D eigenvalue weighted by atomic mass is 16.6. The van der Waals surface area contributed by atoms with Crippen LogP contribution in [-0.4, -0.2) is 45.7 Å². The number of benzene rings is 2. The third-order valence-electron chi connectivity index (χ3n) is 5.68. The van der Waals surface area contributed by atoms with Crippen LogP contribution >= 0.6 is 0 Å². The molecule has 34 heavy (non-hydrogen) atoms. The van der Waals surface area contributed by atoms with E-state index < -0.39 is 28.4 Å². The van der Waals surface area contributed by atoms with Crippen molar-refractivity contribution in [2.75, 3.05) is 19.0 Å². The van der Waals surface area contributed by atoms with Crippen molar-refractivity contribution < 1.29 is 19.6 Å².